The molecule has 0 aliphatic carbocycles. The smallest absolute Gasteiger partial charge is 0.251 e. The van der Waals surface area contributed by atoms with Gasteiger partial charge in [-0.1, -0.05) is 36.4 Å². The molecule has 2 aromatic rings. The number of aryl methyl sites for hydroxylation is 1. The number of hydrogen-bond acceptors (Lipinski definition) is 4. The largest absolute Gasteiger partial charge is 0.327 e. The van der Waals surface area contributed by atoms with Crippen LogP contribution in [0.1, 0.15) is 24.6 Å². The molecule has 0 fully saturated rings. The third-order valence-electron chi connectivity index (χ3n) is 3.09. The highest BCUT2D eigenvalue weighted by atomic mass is 35.5. The molecular formula is C15H18ClN3OS. The number of nitrogens with zero attached hydrogens (tertiary/aromatic N) is 1. The summed E-state index contributed by atoms with van der Waals surface area (Å²) in [6.07, 6.45) is 1.68. The summed E-state index contributed by atoms with van der Waals surface area (Å²) in [5.74, 6) is 0. The summed E-state index contributed by atoms with van der Waals surface area (Å²) in [5, 5.41) is 1.26. The molecule has 4 nitrogen and oxygen atoms in total. The van der Waals surface area contributed by atoms with Crippen molar-refractivity contribution in [2.45, 2.75) is 42.8 Å². The van der Waals surface area contributed by atoms with Crippen LogP contribution < -0.4 is 11.3 Å². The van der Waals surface area contributed by atoms with Crippen LogP contribution in [0.4, 0.5) is 0 Å². The molecule has 21 heavy (non-hydrogen) atoms. The summed E-state index contributed by atoms with van der Waals surface area (Å²) in [6, 6.07) is 7.42. The topological polar surface area (TPSA) is 71.8 Å². The SMILES string of the molecule is CCC(N)Cc1ccc(Sc2nc(C)cc(=O)[nH]2)cc1Cl. The average molecular weight is 324 g/mol. The molecule has 0 radical (unpaired) electrons. The lowest BCUT2D eigenvalue weighted by atomic mass is 10.1. The molecule has 1 aromatic heterocycles. The van der Waals surface area contributed by atoms with Crippen LogP contribution in [0, 0.1) is 6.92 Å². The van der Waals surface area contributed by atoms with Crippen LogP contribution in [0.15, 0.2) is 39.1 Å². The molecule has 0 amide bonds. The Hall–Kier alpha value is -1.30. The van der Waals surface area contributed by atoms with E-state index in [0.29, 0.717) is 15.9 Å². The van der Waals surface area contributed by atoms with Crippen molar-refractivity contribution >= 4 is 23.4 Å². The van der Waals surface area contributed by atoms with E-state index in [-0.39, 0.29) is 11.6 Å². The van der Waals surface area contributed by atoms with Gasteiger partial charge >= 0.3 is 0 Å². The number of hydrogen-bond donors (Lipinski definition) is 2. The Morgan fingerprint density at radius 1 is 1.43 bits per heavy atom. The number of nitrogens with two attached hydrogens (primary N) is 1. The second kappa shape index (κ2) is 7.11. The fourth-order valence-corrected chi connectivity index (χ4v) is 3.10. The minimum atomic E-state index is -0.151. The van der Waals surface area contributed by atoms with E-state index in [9.17, 15) is 4.79 Å². The Kier molecular flexibility index (Phi) is 5.45. The number of rotatable bonds is 5. The second-order valence-electron chi connectivity index (χ2n) is 4.92. The van der Waals surface area contributed by atoms with Crippen molar-refractivity contribution in [3.8, 4) is 0 Å². The Morgan fingerprint density at radius 2 is 2.19 bits per heavy atom. The van der Waals surface area contributed by atoms with Gasteiger partial charge < -0.3 is 10.7 Å². The molecule has 0 aliphatic rings. The van der Waals surface area contributed by atoms with Crippen LogP contribution in [0.5, 0.6) is 0 Å². The summed E-state index contributed by atoms with van der Waals surface area (Å²) < 4.78 is 0. The molecule has 112 valence electrons. The first-order chi connectivity index (χ1) is 9.97. The van der Waals surface area contributed by atoms with Gasteiger partial charge in [0.15, 0.2) is 5.16 Å². The van der Waals surface area contributed by atoms with E-state index in [0.717, 1.165) is 23.3 Å². The Bertz CT molecular complexity index is 687. The van der Waals surface area contributed by atoms with Crippen LogP contribution in [-0.2, 0) is 6.42 Å². The first-order valence-corrected chi connectivity index (χ1v) is 7.97. The Labute approximate surface area is 133 Å². The molecule has 1 atom stereocenters. The maximum atomic E-state index is 11.4. The molecule has 3 N–H and O–H groups in total. The second-order valence-corrected chi connectivity index (χ2v) is 6.39. The standard InChI is InChI=1S/C15H18ClN3OS/c1-3-11(17)7-10-4-5-12(8-13(10)16)21-15-18-9(2)6-14(20)19-15/h4-6,8,11H,3,7,17H2,1-2H3,(H,18,19,20). The highest BCUT2D eigenvalue weighted by molar-refractivity contribution is 7.99. The predicted octanol–water partition coefficient (Wildman–Crippen LogP) is 3.16. The van der Waals surface area contributed by atoms with E-state index in [2.05, 4.69) is 16.9 Å². The predicted molar refractivity (Wildman–Crippen MR) is 87.1 cm³/mol. The monoisotopic (exact) mass is 323 g/mol. The Balaban J connectivity index is 2.18. The number of halogens is 1. The summed E-state index contributed by atoms with van der Waals surface area (Å²) >= 11 is 7.68. The molecule has 0 saturated carbocycles. The average Bonchev–Trinajstić information content (AvgIpc) is 2.40. The van der Waals surface area contributed by atoms with Crippen molar-refractivity contribution in [3.05, 3.63) is 50.9 Å². The third-order valence-corrected chi connectivity index (χ3v) is 4.32. The normalized spacial score (nSPS) is 12.4. The van der Waals surface area contributed by atoms with Gasteiger partial charge in [-0.15, -0.1) is 0 Å². The van der Waals surface area contributed by atoms with Crippen LogP contribution >= 0.6 is 23.4 Å². The number of nitrogens with one attached hydrogen (secondary N) is 1. The lowest BCUT2D eigenvalue weighted by molar-refractivity contribution is 0.646. The fraction of sp³-hybridized carbons (Fsp3) is 0.333. The van der Waals surface area contributed by atoms with Crippen LogP contribution in [0.2, 0.25) is 5.02 Å². The van der Waals surface area contributed by atoms with Gasteiger partial charge in [-0.25, -0.2) is 4.98 Å². The number of aromatic amines is 1. The van der Waals surface area contributed by atoms with E-state index < -0.39 is 0 Å². The number of aromatic nitrogens is 2. The molecule has 0 aliphatic heterocycles. The van der Waals surface area contributed by atoms with Crippen LogP contribution in [-0.4, -0.2) is 16.0 Å². The van der Waals surface area contributed by atoms with Gasteiger partial charge in [-0.3, -0.25) is 4.79 Å². The minimum absolute atomic E-state index is 0.121. The van der Waals surface area contributed by atoms with Gasteiger partial charge in [0, 0.05) is 27.7 Å². The molecule has 0 spiro atoms. The summed E-state index contributed by atoms with van der Waals surface area (Å²) in [4.78, 5) is 19.4. The van der Waals surface area contributed by atoms with E-state index in [1.807, 2.05) is 18.2 Å². The van der Waals surface area contributed by atoms with Crippen LogP contribution in [0.25, 0.3) is 0 Å². The van der Waals surface area contributed by atoms with Gasteiger partial charge in [-0.05, 0) is 37.5 Å². The van der Waals surface area contributed by atoms with Crippen molar-refractivity contribution in [3.63, 3.8) is 0 Å². The molecule has 0 saturated heterocycles. The van der Waals surface area contributed by atoms with Gasteiger partial charge in [0.2, 0.25) is 0 Å². The molecule has 2 rings (SSSR count). The van der Waals surface area contributed by atoms with E-state index >= 15 is 0 Å². The maximum absolute atomic E-state index is 11.4. The van der Waals surface area contributed by atoms with Crippen molar-refractivity contribution < 1.29 is 0 Å². The zero-order chi connectivity index (χ0) is 15.4. The van der Waals surface area contributed by atoms with Crippen molar-refractivity contribution in [1.82, 2.24) is 9.97 Å². The van der Waals surface area contributed by atoms with E-state index in [4.69, 9.17) is 17.3 Å². The van der Waals surface area contributed by atoms with E-state index in [1.165, 1.54) is 17.8 Å². The van der Waals surface area contributed by atoms with Gasteiger partial charge in [0.05, 0.1) is 0 Å². The fourth-order valence-electron chi connectivity index (χ4n) is 1.90. The molecule has 0 bridgehead atoms. The van der Waals surface area contributed by atoms with Gasteiger partial charge in [-0.2, -0.15) is 0 Å². The zero-order valence-electron chi connectivity index (χ0n) is 12.0. The van der Waals surface area contributed by atoms with Crippen molar-refractivity contribution in [2.24, 2.45) is 5.73 Å². The molecule has 6 heteroatoms. The summed E-state index contributed by atoms with van der Waals surface area (Å²) in [5.41, 5.74) is 7.54. The van der Waals surface area contributed by atoms with Crippen molar-refractivity contribution in [1.29, 1.82) is 0 Å². The number of benzene rings is 1. The molecule has 1 aromatic carbocycles. The van der Waals surface area contributed by atoms with Gasteiger partial charge in [0.25, 0.3) is 5.56 Å². The maximum Gasteiger partial charge on any atom is 0.251 e. The van der Waals surface area contributed by atoms with Gasteiger partial charge in [0.1, 0.15) is 0 Å². The Morgan fingerprint density at radius 3 is 2.81 bits per heavy atom. The quantitative estimate of drug-likeness (QED) is 0.829. The first-order valence-electron chi connectivity index (χ1n) is 6.77. The molecular weight excluding hydrogens is 306 g/mol. The minimum Gasteiger partial charge on any atom is -0.327 e. The van der Waals surface area contributed by atoms with Crippen molar-refractivity contribution in [2.75, 3.05) is 0 Å². The summed E-state index contributed by atoms with van der Waals surface area (Å²) in [6.45, 7) is 3.85. The van der Waals surface area contributed by atoms with E-state index in [1.54, 1.807) is 6.92 Å². The number of H-pyrrole nitrogens is 1. The lowest BCUT2D eigenvalue weighted by Crippen LogP contribution is -2.21. The molecule has 1 unspecified atom stereocenters. The third kappa shape index (κ3) is 4.59. The highest BCUT2D eigenvalue weighted by Crippen LogP contribution is 2.29. The zero-order valence-corrected chi connectivity index (χ0v) is 13.6. The van der Waals surface area contributed by atoms with Crippen LogP contribution in [0.3, 0.4) is 0 Å². The lowest BCUT2D eigenvalue weighted by Gasteiger charge is -2.11. The summed E-state index contributed by atoms with van der Waals surface area (Å²) in [7, 11) is 0. The molecule has 1 heterocycles. The first kappa shape index (κ1) is 16.1. The highest BCUT2D eigenvalue weighted by Gasteiger charge is 2.08.